The number of rotatable bonds is 1. The SMILES string of the molecule is CC1=CC2=CC(C)(c3ccccc3)NC2=C1. The average Bonchev–Trinajstić information content (AvgIpc) is 2.73. The van der Waals surface area contributed by atoms with Gasteiger partial charge in [0.05, 0.1) is 5.54 Å². The molecule has 16 heavy (non-hydrogen) atoms. The van der Waals surface area contributed by atoms with Crippen molar-refractivity contribution in [2.75, 3.05) is 0 Å². The van der Waals surface area contributed by atoms with Crippen LogP contribution in [0.2, 0.25) is 0 Å². The average molecular weight is 209 g/mol. The van der Waals surface area contributed by atoms with Crippen molar-refractivity contribution in [2.24, 2.45) is 0 Å². The van der Waals surface area contributed by atoms with Crippen LogP contribution in [0, 0.1) is 0 Å². The van der Waals surface area contributed by atoms with E-state index in [0.717, 1.165) is 0 Å². The Morgan fingerprint density at radius 1 is 1.06 bits per heavy atom. The van der Waals surface area contributed by atoms with Crippen LogP contribution in [0.5, 0.6) is 0 Å². The molecule has 0 bridgehead atoms. The number of allylic oxidation sites excluding steroid dienone is 3. The summed E-state index contributed by atoms with van der Waals surface area (Å²) in [4.78, 5) is 0. The van der Waals surface area contributed by atoms with Gasteiger partial charge >= 0.3 is 0 Å². The van der Waals surface area contributed by atoms with E-state index in [0.29, 0.717) is 0 Å². The van der Waals surface area contributed by atoms with E-state index in [2.05, 4.69) is 67.7 Å². The van der Waals surface area contributed by atoms with Crippen molar-refractivity contribution >= 4 is 0 Å². The summed E-state index contributed by atoms with van der Waals surface area (Å²) < 4.78 is 0. The third-order valence-corrected chi connectivity index (χ3v) is 3.28. The van der Waals surface area contributed by atoms with E-state index in [1.165, 1.54) is 22.4 Å². The summed E-state index contributed by atoms with van der Waals surface area (Å²) >= 11 is 0. The van der Waals surface area contributed by atoms with Crippen LogP contribution in [0.15, 0.2) is 65.4 Å². The molecule has 0 amide bonds. The predicted molar refractivity (Wildman–Crippen MR) is 66.9 cm³/mol. The van der Waals surface area contributed by atoms with Crippen molar-refractivity contribution in [3.63, 3.8) is 0 Å². The molecule has 1 atom stereocenters. The van der Waals surface area contributed by atoms with Crippen LogP contribution in [0.25, 0.3) is 0 Å². The zero-order valence-corrected chi connectivity index (χ0v) is 9.62. The van der Waals surface area contributed by atoms with Crippen molar-refractivity contribution in [2.45, 2.75) is 19.4 Å². The minimum absolute atomic E-state index is 0.0559. The Morgan fingerprint density at radius 3 is 2.50 bits per heavy atom. The fourth-order valence-corrected chi connectivity index (χ4v) is 2.47. The molecule has 1 aromatic rings. The van der Waals surface area contributed by atoms with Crippen LogP contribution in [0.4, 0.5) is 0 Å². The van der Waals surface area contributed by atoms with Gasteiger partial charge in [-0.2, -0.15) is 0 Å². The highest BCUT2D eigenvalue weighted by Gasteiger charge is 2.32. The summed E-state index contributed by atoms with van der Waals surface area (Å²) in [6, 6.07) is 10.6. The smallest absolute Gasteiger partial charge is 0.0790 e. The molecule has 0 radical (unpaired) electrons. The Morgan fingerprint density at radius 2 is 1.81 bits per heavy atom. The fraction of sp³-hybridized carbons (Fsp3) is 0.200. The molecule has 0 saturated carbocycles. The quantitative estimate of drug-likeness (QED) is 0.748. The minimum Gasteiger partial charge on any atom is -0.372 e. The van der Waals surface area contributed by atoms with Crippen LogP contribution < -0.4 is 5.32 Å². The third-order valence-electron chi connectivity index (χ3n) is 3.28. The summed E-state index contributed by atoms with van der Waals surface area (Å²) in [5.74, 6) is 0. The summed E-state index contributed by atoms with van der Waals surface area (Å²) in [7, 11) is 0. The van der Waals surface area contributed by atoms with Crippen LogP contribution in [-0.4, -0.2) is 0 Å². The standard InChI is InChI=1S/C15H15N/c1-11-8-12-10-15(2,16-14(12)9-11)13-6-4-3-5-7-13/h3-10,16H,1-2H3. The van der Waals surface area contributed by atoms with Crippen LogP contribution >= 0.6 is 0 Å². The molecule has 0 saturated heterocycles. The highest BCUT2D eigenvalue weighted by Crippen LogP contribution is 2.36. The van der Waals surface area contributed by atoms with E-state index in [-0.39, 0.29) is 5.54 Å². The Balaban J connectivity index is 2.03. The molecule has 80 valence electrons. The molecule has 3 rings (SSSR count). The second kappa shape index (κ2) is 3.11. The summed E-state index contributed by atoms with van der Waals surface area (Å²) in [5.41, 5.74) is 5.15. The van der Waals surface area contributed by atoms with Crippen molar-refractivity contribution in [3.05, 3.63) is 71.0 Å². The molecule has 1 aromatic carbocycles. The Bertz CT molecular complexity index is 520. The lowest BCUT2D eigenvalue weighted by Gasteiger charge is -2.24. The second-order valence-corrected chi connectivity index (χ2v) is 4.74. The first-order valence-electron chi connectivity index (χ1n) is 5.64. The third kappa shape index (κ3) is 1.32. The summed E-state index contributed by atoms with van der Waals surface area (Å²) in [5, 5.41) is 3.59. The molecule has 0 fully saturated rings. The molecule has 0 spiro atoms. The highest BCUT2D eigenvalue weighted by atomic mass is 15.0. The van der Waals surface area contributed by atoms with Crippen LogP contribution in [0.3, 0.4) is 0 Å². The lowest BCUT2D eigenvalue weighted by Crippen LogP contribution is -2.32. The molecule has 1 heteroatoms. The van der Waals surface area contributed by atoms with Gasteiger partial charge in [-0.15, -0.1) is 0 Å². The van der Waals surface area contributed by atoms with Crippen molar-refractivity contribution in [1.82, 2.24) is 5.32 Å². The molecule has 1 unspecified atom stereocenters. The first-order chi connectivity index (χ1) is 7.67. The van der Waals surface area contributed by atoms with Gasteiger partial charge in [0.15, 0.2) is 0 Å². The van der Waals surface area contributed by atoms with Gasteiger partial charge in [-0.1, -0.05) is 36.4 Å². The second-order valence-electron chi connectivity index (χ2n) is 4.74. The number of hydrogen-bond donors (Lipinski definition) is 1. The maximum absolute atomic E-state index is 3.59. The molecular formula is C15H15N. The van der Waals surface area contributed by atoms with Gasteiger partial charge in [-0.05, 0) is 42.7 Å². The lowest BCUT2D eigenvalue weighted by atomic mass is 9.93. The maximum atomic E-state index is 3.59. The molecule has 1 N–H and O–H groups in total. The van der Waals surface area contributed by atoms with E-state index in [4.69, 9.17) is 0 Å². The summed E-state index contributed by atoms with van der Waals surface area (Å²) in [6.07, 6.45) is 6.75. The topological polar surface area (TPSA) is 12.0 Å². The molecular weight excluding hydrogens is 194 g/mol. The van der Waals surface area contributed by atoms with Gasteiger partial charge in [0.25, 0.3) is 0 Å². The van der Waals surface area contributed by atoms with E-state index < -0.39 is 0 Å². The van der Waals surface area contributed by atoms with Gasteiger partial charge in [0.1, 0.15) is 0 Å². The van der Waals surface area contributed by atoms with Gasteiger partial charge < -0.3 is 5.32 Å². The van der Waals surface area contributed by atoms with E-state index in [1.54, 1.807) is 0 Å². The van der Waals surface area contributed by atoms with E-state index in [9.17, 15) is 0 Å². The highest BCUT2D eigenvalue weighted by molar-refractivity contribution is 5.58. The number of hydrogen-bond acceptors (Lipinski definition) is 1. The summed E-state index contributed by atoms with van der Waals surface area (Å²) in [6.45, 7) is 4.35. The minimum atomic E-state index is -0.0559. The number of benzene rings is 1. The molecule has 1 aliphatic carbocycles. The van der Waals surface area contributed by atoms with Crippen LogP contribution in [-0.2, 0) is 5.54 Å². The van der Waals surface area contributed by atoms with Gasteiger partial charge in [0.2, 0.25) is 0 Å². The predicted octanol–water partition coefficient (Wildman–Crippen LogP) is 3.28. The normalized spacial score (nSPS) is 26.8. The molecule has 1 heterocycles. The Labute approximate surface area is 96.2 Å². The van der Waals surface area contributed by atoms with Crippen molar-refractivity contribution in [3.8, 4) is 0 Å². The van der Waals surface area contributed by atoms with Gasteiger partial charge in [0, 0.05) is 5.70 Å². The first-order valence-corrected chi connectivity index (χ1v) is 5.64. The van der Waals surface area contributed by atoms with E-state index in [1.807, 2.05) is 0 Å². The van der Waals surface area contributed by atoms with Gasteiger partial charge in [-0.3, -0.25) is 0 Å². The fourth-order valence-electron chi connectivity index (χ4n) is 2.47. The first kappa shape index (κ1) is 9.46. The Kier molecular flexibility index (Phi) is 1.84. The zero-order chi connectivity index (χ0) is 11.2. The van der Waals surface area contributed by atoms with Crippen molar-refractivity contribution in [1.29, 1.82) is 0 Å². The largest absolute Gasteiger partial charge is 0.372 e. The lowest BCUT2D eigenvalue weighted by molar-refractivity contribution is 0.539. The van der Waals surface area contributed by atoms with E-state index >= 15 is 0 Å². The van der Waals surface area contributed by atoms with Crippen LogP contribution in [0.1, 0.15) is 19.4 Å². The Hall–Kier alpha value is -1.76. The maximum Gasteiger partial charge on any atom is 0.0790 e. The zero-order valence-electron chi connectivity index (χ0n) is 9.62. The number of fused-ring (bicyclic) bond motifs is 1. The van der Waals surface area contributed by atoms with Crippen molar-refractivity contribution < 1.29 is 0 Å². The van der Waals surface area contributed by atoms with Gasteiger partial charge in [-0.25, -0.2) is 0 Å². The molecule has 2 aliphatic rings. The molecule has 0 aromatic heterocycles. The molecule has 1 nitrogen and oxygen atoms in total. The monoisotopic (exact) mass is 209 g/mol. The number of nitrogens with one attached hydrogen (secondary N) is 1. The molecule has 1 aliphatic heterocycles.